The molecule has 0 aliphatic rings. The Morgan fingerprint density at radius 1 is 1.06 bits per heavy atom. The number of nitrogens with zero attached hydrogens (tertiary/aromatic N) is 2. The summed E-state index contributed by atoms with van der Waals surface area (Å²) in [4.78, 5) is 13.7. The molecule has 1 aromatic heterocycles. The second-order valence-corrected chi connectivity index (χ2v) is 10.8. The molecule has 1 heterocycles. The number of ketones is 1. The molecule has 0 N–H and O–H groups in total. The van der Waals surface area contributed by atoms with E-state index in [0.29, 0.717) is 22.7 Å². The molecule has 0 amide bonds. The molecular formula is C26H29ClN2O4S. The molecule has 0 atom stereocenters. The number of hydrogen-bond donors (Lipinski definition) is 0. The van der Waals surface area contributed by atoms with Crippen molar-refractivity contribution < 1.29 is 17.4 Å². The van der Waals surface area contributed by atoms with Crippen LogP contribution in [0, 0.1) is 12.8 Å². The standard InChI is InChI=1S/C26H29ClN2O4S/c1-16(2)15-29-26(33-34(31,32)20-10-8-7-9-11-20)22(14-28-29)25(30)21-12-13-23(27)24(19(21)6)18(5)17(3)4/h7-14,16H,15H2,1-6H3. The summed E-state index contributed by atoms with van der Waals surface area (Å²) < 4.78 is 32.9. The molecule has 6 nitrogen and oxygen atoms in total. The monoisotopic (exact) mass is 500 g/mol. The van der Waals surface area contributed by atoms with Crippen molar-refractivity contribution in [3.05, 3.63) is 81.5 Å². The Morgan fingerprint density at radius 3 is 2.29 bits per heavy atom. The van der Waals surface area contributed by atoms with Crippen LogP contribution >= 0.6 is 11.6 Å². The van der Waals surface area contributed by atoms with Crippen molar-refractivity contribution in [1.82, 2.24) is 9.78 Å². The largest absolute Gasteiger partial charge is 0.358 e. The molecule has 0 spiro atoms. The number of rotatable bonds is 8. The first kappa shape index (κ1) is 25.7. The second kappa shape index (κ2) is 10.2. The van der Waals surface area contributed by atoms with Crippen molar-refractivity contribution in [2.75, 3.05) is 0 Å². The quantitative estimate of drug-likeness (QED) is 0.267. The predicted octanol–water partition coefficient (Wildman–Crippen LogP) is 6.31. The number of halogens is 1. The van der Waals surface area contributed by atoms with E-state index in [1.807, 2.05) is 41.5 Å². The zero-order chi connectivity index (χ0) is 25.2. The molecule has 0 aliphatic heterocycles. The summed E-state index contributed by atoms with van der Waals surface area (Å²) in [6, 6.07) is 11.2. The van der Waals surface area contributed by atoms with Gasteiger partial charge in [0, 0.05) is 17.1 Å². The van der Waals surface area contributed by atoms with Crippen LogP contribution in [0.15, 0.2) is 59.1 Å². The lowest BCUT2D eigenvalue weighted by molar-refractivity contribution is 0.103. The van der Waals surface area contributed by atoms with Gasteiger partial charge in [0.1, 0.15) is 10.5 Å². The number of allylic oxidation sites excluding steroid dienone is 2. The van der Waals surface area contributed by atoms with Crippen molar-refractivity contribution in [2.45, 2.75) is 53.0 Å². The first-order valence-electron chi connectivity index (χ1n) is 11.0. The highest BCUT2D eigenvalue weighted by molar-refractivity contribution is 7.87. The van der Waals surface area contributed by atoms with Gasteiger partial charge in [-0.2, -0.15) is 13.5 Å². The minimum absolute atomic E-state index is 0.00478. The molecule has 0 fully saturated rings. The summed E-state index contributed by atoms with van der Waals surface area (Å²) in [5.41, 5.74) is 4.05. The van der Waals surface area contributed by atoms with Gasteiger partial charge in [-0.05, 0) is 74.6 Å². The summed E-state index contributed by atoms with van der Waals surface area (Å²) in [6.45, 7) is 12.1. The Hall–Kier alpha value is -2.90. The van der Waals surface area contributed by atoms with Crippen LogP contribution < -0.4 is 4.18 Å². The highest BCUT2D eigenvalue weighted by Gasteiger charge is 2.28. The third-order valence-electron chi connectivity index (χ3n) is 5.58. The molecule has 0 radical (unpaired) electrons. The first-order chi connectivity index (χ1) is 15.9. The van der Waals surface area contributed by atoms with E-state index in [0.717, 1.165) is 16.7 Å². The normalized spacial score (nSPS) is 11.5. The molecule has 3 rings (SSSR count). The van der Waals surface area contributed by atoms with Crippen molar-refractivity contribution in [3.63, 3.8) is 0 Å². The molecule has 8 heteroatoms. The molecule has 34 heavy (non-hydrogen) atoms. The Kier molecular flexibility index (Phi) is 7.68. The fourth-order valence-electron chi connectivity index (χ4n) is 3.61. The minimum Gasteiger partial charge on any atom is -0.358 e. The third kappa shape index (κ3) is 5.26. The van der Waals surface area contributed by atoms with E-state index < -0.39 is 10.1 Å². The van der Waals surface area contributed by atoms with Gasteiger partial charge in [-0.15, -0.1) is 0 Å². The maximum atomic E-state index is 13.7. The number of aromatic nitrogens is 2. The number of hydrogen-bond acceptors (Lipinski definition) is 5. The molecule has 2 aromatic carbocycles. The van der Waals surface area contributed by atoms with Crippen LogP contribution in [-0.4, -0.2) is 24.0 Å². The van der Waals surface area contributed by atoms with Gasteiger partial charge >= 0.3 is 10.1 Å². The van der Waals surface area contributed by atoms with Crippen LogP contribution in [0.4, 0.5) is 0 Å². The molecule has 180 valence electrons. The maximum absolute atomic E-state index is 13.7. The van der Waals surface area contributed by atoms with Crippen LogP contribution in [-0.2, 0) is 16.7 Å². The summed E-state index contributed by atoms with van der Waals surface area (Å²) in [6.07, 6.45) is 1.36. The van der Waals surface area contributed by atoms with E-state index >= 15 is 0 Å². The molecular weight excluding hydrogens is 472 g/mol. The molecule has 0 aliphatic carbocycles. The Morgan fingerprint density at radius 2 is 1.71 bits per heavy atom. The molecule has 0 saturated carbocycles. The topological polar surface area (TPSA) is 78.3 Å². The average Bonchev–Trinajstić information content (AvgIpc) is 3.14. The van der Waals surface area contributed by atoms with Gasteiger partial charge in [-0.3, -0.25) is 4.79 Å². The zero-order valence-electron chi connectivity index (χ0n) is 20.2. The first-order valence-corrected chi connectivity index (χ1v) is 12.8. The summed E-state index contributed by atoms with van der Waals surface area (Å²) >= 11 is 6.47. The maximum Gasteiger partial charge on any atom is 0.340 e. The predicted molar refractivity (Wildman–Crippen MR) is 135 cm³/mol. The van der Waals surface area contributed by atoms with Gasteiger partial charge in [0.15, 0.2) is 5.78 Å². The van der Waals surface area contributed by atoms with E-state index in [1.165, 1.54) is 23.0 Å². The van der Waals surface area contributed by atoms with Crippen molar-refractivity contribution in [2.24, 2.45) is 5.92 Å². The Balaban J connectivity index is 2.14. The van der Waals surface area contributed by atoms with E-state index in [-0.39, 0.29) is 28.0 Å². The van der Waals surface area contributed by atoms with Crippen LogP contribution in [0.2, 0.25) is 5.02 Å². The average molecular weight is 501 g/mol. The van der Waals surface area contributed by atoms with Gasteiger partial charge in [-0.25, -0.2) is 4.68 Å². The van der Waals surface area contributed by atoms with Crippen LogP contribution in [0.5, 0.6) is 5.88 Å². The fourth-order valence-corrected chi connectivity index (χ4v) is 4.93. The van der Waals surface area contributed by atoms with Crippen LogP contribution in [0.3, 0.4) is 0 Å². The smallest absolute Gasteiger partial charge is 0.340 e. The summed E-state index contributed by atoms with van der Waals surface area (Å²) in [5.74, 6) is -0.337. The lowest BCUT2D eigenvalue weighted by atomic mass is 9.92. The fraction of sp³-hybridized carbons (Fsp3) is 0.308. The van der Waals surface area contributed by atoms with Gasteiger partial charge in [0.05, 0.1) is 6.20 Å². The lowest BCUT2D eigenvalue weighted by Gasteiger charge is -2.16. The minimum atomic E-state index is -4.17. The third-order valence-corrected chi connectivity index (χ3v) is 7.12. The molecule has 0 bridgehead atoms. The lowest BCUT2D eigenvalue weighted by Crippen LogP contribution is -2.17. The van der Waals surface area contributed by atoms with Crippen LogP contribution in [0.25, 0.3) is 5.57 Å². The van der Waals surface area contributed by atoms with E-state index in [1.54, 1.807) is 30.3 Å². The van der Waals surface area contributed by atoms with E-state index in [2.05, 4.69) is 5.10 Å². The highest BCUT2D eigenvalue weighted by atomic mass is 35.5. The zero-order valence-corrected chi connectivity index (χ0v) is 21.8. The van der Waals surface area contributed by atoms with Gasteiger partial charge in [0.2, 0.25) is 5.88 Å². The van der Waals surface area contributed by atoms with Crippen molar-refractivity contribution >= 4 is 33.1 Å². The van der Waals surface area contributed by atoms with Gasteiger partial charge < -0.3 is 4.18 Å². The number of carbonyl (C=O) groups is 1. The SMILES string of the molecule is CC(C)=C(C)c1c(Cl)ccc(C(=O)c2cnn(CC(C)C)c2OS(=O)(=O)c2ccccc2)c1C. The summed E-state index contributed by atoms with van der Waals surface area (Å²) in [5, 5.41) is 4.83. The number of carbonyl (C=O) groups excluding carboxylic acids is 1. The van der Waals surface area contributed by atoms with Gasteiger partial charge in [0.25, 0.3) is 0 Å². The van der Waals surface area contributed by atoms with E-state index in [9.17, 15) is 13.2 Å². The number of benzene rings is 2. The van der Waals surface area contributed by atoms with Crippen molar-refractivity contribution in [3.8, 4) is 5.88 Å². The van der Waals surface area contributed by atoms with Crippen molar-refractivity contribution in [1.29, 1.82) is 0 Å². The molecule has 0 unspecified atom stereocenters. The highest BCUT2D eigenvalue weighted by Crippen LogP contribution is 2.34. The second-order valence-electron chi connectivity index (χ2n) is 8.84. The van der Waals surface area contributed by atoms with Gasteiger partial charge in [-0.1, -0.05) is 49.2 Å². The molecule has 3 aromatic rings. The van der Waals surface area contributed by atoms with Crippen LogP contribution in [0.1, 0.15) is 61.7 Å². The van der Waals surface area contributed by atoms with E-state index in [4.69, 9.17) is 15.8 Å². The Bertz CT molecular complexity index is 1350. The molecule has 0 saturated heterocycles. The Labute approximate surface area is 206 Å². The summed E-state index contributed by atoms with van der Waals surface area (Å²) in [7, 11) is -4.17.